The number of aryl methyl sites for hydroxylation is 1. The van der Waals surface area contributed by atoms with E-state index in [1.165, 1.54) is 13.1 Å². The third-order valence-corrected chi connectivity index (χ3v) is 5.24. The van der Waals surface area contributed by atoms with E-state index in [1.807, 2.05) is 37.3 Å². The van der Waals surface area contributed by atoms with Gasteiger partial charge >= 0.3 is 0 Å². The smallest absolute Gasteiger partial charge is 0.281 e. The Morgan fingerprint density at radius 1 is 1.16 bits per heavy atom. The fourth-order valence-electron chi connectivity index (χ4n) is 3.44. The number of rotatable bonds is 7. The number of ether oxygens (including phenoxy) is 1. The van der Waals surface area contributed by atoms with Crippen LogP contribution in [0.1, 0.15) is 40.5 Å². The zero-order valence-corrected chi connectivity index (χ0v) is 17.3. The quantitative estimate of drug-likeness (QED) is 0.561. The van der Waals surface area contributed by atoms with E-state index in [9.17, 15) is 13.6 Å². The summed E-state index contributed by atoms with van der Waals surface area (Å²) in [5, 5.41) is 7.94. The van der Waals surface area contributed by atoms with E-state index in [4.69, 9.17) is 4.74 Å². The molecule has 8 heteroatoms. The predicted molar refractivity (Wildman–Crippen MR) is 111 cm³/mol. The topological polar surface area (TPSA) is 68.2 Å². The van der Waals surface area contributed by atoms with Crippen molar-refractivity contribution < 1.29 is 18.3 Å². The molecule has 0 atom stereocenters. The van der Waals surface area contributed by atoms with E-state index in [2.05, 4.69) is 15.2 Å². The summed E-state index contributed by atoms with van der Waals surface area (Å²) < 4.78 is 32.4. The van der Waals surface area contributed by atoms with Gasteiger partial charge in [0.1, 0.15) is 5.56 Å². The monoisotopic (exact) mass is 424 g/mol. The molecule has 0 spiro atoms. The minimum Gasteiger partial charge on any atom is -0.471 e. The van der Waals surface area contributed by atoms with Crippen LogP contribution in [0.5, 0.6) is 5.88 Å². The van der Waals surface area contributed by atoms with Gasteiger partial charge in [-0.05, 0) is 35.7 Å². The van der Waals surface area contributed by atoms with E-state index < -0.39 is 12.5 Å². The Bertz CT molecular complexity index is 1100. The lowest BCUT2D eigenvalue weighted by molar-refractivity contribution is -0.0449. The highest BCUT2D eigenvalue weighted by molar-refractivity contribution is 6.00. The Labute approximate surface area is 178 Å². The third kappa shape index (κ3) is 4.52. The first kappa shape index (κ1) is 20.8. The molecule has 0 saturated heterocycles. The summed E-state index contributed by atoms with van der Waals surface area (Å²) in [4.78, 5) is 18.6. The van der Waals surface area contributed by atoms with Gasteiger partial charge in [0.15, 0.2) is 6.61 Å². The van der Waals surface area contributed by atoms with Gasteiger partial charge in [-0.1, -0.05) is 31.2 Å². The molecule has 4 rings (SSSR count). The third-order valence-electron chi connectivity index (χ3n) is 5.24. The number of aromatic nitrogens is 3. The number of alkyl halides is 2. The van der Waals surface area contributed by atoms with Crippen molar-refractivity contribution in [2.24, 2.45) is 0 Å². The van der Waals surface area contributed by atoms with Crippen molar-refractivity contribution in [1.29, 1.82) is 0 Å². The second-order valence-electron chi connectivity index (χ2n) is 7.59. The van der Waals surface area contributed by atoms with Crippen LogP contribution in [-0.4, -0.2) is 38.5 Å². The Morgan fingerprint density at radius 3 is 2.65 bits per heavy atom. The SMILES string of the molecule is CCC(F)(F)COc1nccc2c1C(=O)N(Cc1ccc(-c3cnnc(C)c3)cc1)C2. The molecule has 31 heavy (non-hydrogen) atoms. The number of nitrogens with zero attached hydrogens (tertiary/aromatic N) is 4. The van der Waals surface area contributed by atoms with Gasteiger partial charge in [0.25, 0.3) is 11.8 Å². The highest BCUT2D eigenvalue weighted by Crippen LogP contribution is 2.31. The van der Waals surface area contributed by atoms with Crippen molar-refractivity contribution in [3.8, 4) is 17.0 Å². The van der Waals surface area contributed by atoms with Gasteiger partial charge in [-0.25, -0.2) is 13.8 Å². The Morgan fingerprint density at radius 2 is 1.94 bits per heavy atom. The molecule has 0 saturated carbocycles. The minimum absolute atomic E-state index is 0.0333. The molecular weight excluding hydrogens is 402 g/mol. The minimum atomic E-state index is -2.96. The molecule has 1 aliphatic heterocycles. The molecule has 3 heterocycles. The normalized spacial score (nSPS) is 13.4. The summed E-state index contributed by atoms with van der Waals surface area (Å²) in [7, 11) is 0. The molecule has 1 aromatic carbocycles. The highest BCUT2D eigenvalue weighted by atomic mass is 19.3. The van der Waals surface area contributed by atoms with Crippen molar-refractivity contribution in [3.05, 3.63) is 71.2 Å². The summed E-state index contributed by atoms with van der Waals surface area (Å²) in [5.74, 6) is -3.26. The van der Waals surface area contributed by atoms with Crippen molar-refractivity contribution in [2.45, 2.75) is 39.3 Å². The van der Waals surface area contributed by atoms with Gasteiger partial charge in [-0.3, -0.25) is 4.79 Å². The van der Waals surface area contributed by atoms with Gasteiger partial charge in [0, 0.05) is 31.3 Å². The number of amides is 1. The van der Waals surface area contributed by atoms with E-state index in [1.54, 1.807) is 17.2 Å². The van der Waals surface area contributed by atoms with Gasteiger partial charge in [-0.15, -0.1) is 0 Å². The molecule has 0 N–H and O–H groups in total. The molecule has 1 amide bonds. The number of fused-ring (bicyclic) bond motifs is 1. The lowest BCUT2D eigenvalue weighted by atomic mass is 10.1. The lowest BCUT2D eigenvalue weighted by Crippen LogP contribution is -2.26. The first-order valence-corrected chi connectivity index (χ1v) is 10.0. The maximum absolute atomic E-state index is 13.6. The number of halogens is 2. The summed E-state index contributed by atoms with van der Waals surface area (Å²) in [5.41, 5.74) is 4.77. The molecule has 3 aromatic rings. The maximum atomic E-state index is 13.6. The Kier molecular flexibility index (Phi) is 5.63. The van der Waals surface area contributed by atoms with Crippen LogP contribution < -0.4 is 4.74 Å². The van der Waals surface area contributed by atoms with Crippen LogP contribution in [0, 0.1) is 6.92 Å². The fourth-order valence-corrected chi connectivity index (χ4v) is 3.44. The van der Waals surface area contributed by atoms with Crippen LogP contribution in [-0.2, 0) is 13.1 Å². The van der Waals surface area contributed by atoms with Gasteiger partial charge < -0.3 is 9.64 Å². The van der Waals surface area contributed by atoms with Crippen LogP contribution in [0.3, 0.4) is 0 Å². The first-order valence-electron chi connectivity index (χ1n) is 10.0. The average molecular weight is 424 g/mol. The molecule has 0 radical (unpaired) electrons. The molecule has 0 unspecified atom stereocenters. The summed E-state index contributed by atoms with van der Waals surface area (Å²) in [6.45, 7) is 3.25. The van der Waals surface area contributed by atoms with Crippen LogP contribution >= 0.6 is 0 Å². The van der Waals surface area contributed by atoms with Crippen LogP contribution in [0.2, 0.25) is 0 Å². The van der Waals surface area contributed by atoms with Gasteiger partial charge in [0.2, 0.25) is 5.88 Å². The largest absolute Gasteiger partial charge is 0.471 e. The van der Waals surface area contributed by atoms with Crippen molar-refractivity contribution in [3.63, 3.8) is 0 Å². The highest BCUT2D eigenvalue weighted by Gasteiger charge is 2.34. The Balaban J connectivity index is 1.48. The average Bonchev–Trinajstić information content (AvgIpc) is 3.09. The second-order valence-corrected chi connectivity index (χ2v) is 7.59. The number of carbonyl (C=O) groups is 1. The standard InChI is InChI=1S/C23H22F2N4O2/c1-3-23(24,25)14-31-21-20-18(8-9-26-21)13-29(22(20)30)12-16-4-6-17(7-5-16)19-10-15(2)28-27-11-19/h4-11H,3,12-14H2,1-2H3. The summed E-state index contributed by atoms with van der Waals surface area (Å²) >= 11 is 0. The molecule has 2 aromatic heterocycles. The summed E-state index contributed by atoms with van der Waals surface area (Å²) in [6.07, 6.45) is 2.85. The van der Waals surface area contributed by atoms with E-state index in [-0.39, 0.29) is 23.8 Å². The maximum Gasteiger partial charge on any atom is 0.281 e. The number of benzene rings is 1. The van der Waals surface area contributed by atoms with Crippen LogP contribution in [0.25, 0.3) is 11.1 Å². The van der Waals surface area contributed by atoms with Crippen LogP contribution in [0.15, 0.2) is 48.8 Å². The molecule has 1 aliphatic rings. The lowest BCUT2D eigenvalue weighted by Gasteiger charge is -2.17. The van der Waals surface area contributed by atoms with Crippen molar-refractivity contribution >= 4 is 5.91 Å². The number of hydrogen-bond donors (Lipinski definition) is 0. The number of carbonyl (C=O) groups excluding carboxylic acids is 1. The first-order chi connectivity index (χ1) is 14.9. The van der Waals surface area contributed by atoms with Gasteiger partial charge in [-0.2, -0.15) is 10.2 Å². The number of hydrogen-bond acceptors (Lipinski definition) is 5. The molecule has 6 nitrogen and oxygen atoms in total. The van der Waals surface area contributed by atoms with E-state index in [0.717, 1.165) is 27.9 Å². The molecule has 0 aliphatic carbocycles. The van der Waals surface area contributed by atoms with E-state index in [0.29, 0.717) is 13.1 Å². The summed E-state index contributed by atoms with van der Waals surface area (Å²) in [6, 6.07) is 11.5. The molecular formula is C23H22F2N4O2. The zero-order chi connectivity index (χ0) is 22.0. The molecule has 0 bridgehead atoms. The van der Waals surface area contributed by atoms with Crippen molar-refractivity contribution in [2.75, 3.05) is 6.61 Å². The van der Waals surface area contributed by atoms with Crippen molar-refractivity contribution in [1.82, 2.24) is 20.1 Å². The Hall–Kier alpha value is -3.42. The predicted octanol–water partition coefficient (Wildman–Crippen LogP) is 4.43. The molecule has 160 valence electrons. The van der Waals surface area contributed by atoms with Crippen LogP contribution in [0.4, 0.5) is 8.78 Å². The number of pyridine rings is 1. The zero-order valence-electron chi connectivity index (χ0n) is 17.3. The fraction of sp³-hybridized carbons (Fsp3) is 0.304. The molecule has 0 fully saturated rings. The van der Waals surface area contributed by atoms with E-state index >= 15 is 0 Å². The van der Waals surface area contributed by atoms with Gasteiger partial charge in [0.05, 0.1) is 11.9 Å². The second kappa shape index (κ2) is 8.37.